The van der Waals surface area contributed by atoms with Crippen molar-refractivity contribution in [3.8, 4) is 0 Å². The molecule has 1 aliphatic rings. The molecule has 17 heavy (non-hydrogen) atoms. The molecule has 1 aliphatic carbocycles. The second-order valence-electron chi connectivity index (χ2n) is 5.40. The highest BCUT2D eigenvalue weighted by Gasteiger charge is 2.35. The van der Waals surface area contributed by atoms with Gasteiger partial charge in [0, 0.05) is 3.58 Å². The molecule has 1 atom stereocenters. The Bertz CT molecular complexity index is 454. The van der Waals surface area contributed by atoms with Gasteiger partial charge in [-0.05, 0) is 57.9 Å². The molecule has 1 heteroatoms. The fourth-order valence-electron chi connectivity index (χ4n) is 2.85. The standard InChI is InChI=1S/C16H19I/c1-4-13(17)10-9-12-11-16(2,3)15-8-6-5-7-14(12)15/h4-8,10,12H,1,9,11H2,2-3H3/b13-10+. The van der Waals surface area contributed by atoms with Crippen LogP contribution < -0.4 is 0 Å². The van der Waals surface area contributed by atoms with Crippen molar-refractivity contribution in [2.75, 3.05) is 0 Å². The van der Waals surface area contributed by atoms with Crippen molar-refractivity contribution in [2.45, 2.75) is 38.0 Å². The van der Waals surface area contributed by atoms with Crippen LogP contribution in [0.3, 0.4) is 0 Å². The fraction of sp³-hybridized carbons (Fsp3) is 0.375. The van der Waals surface area contributed by atoms with E-state index in [0.29, 0.717) is 11.3 Å². The van der Waals surface area contributed by atoms with Gasteiger partial charge in [-0.25, -0.2) is 0 Å². The molecule has 0 radical (unpaired) electrons. The van der Waals surface area contributed by atoms with Crippen LogP contribution in [-0.4, -0.2) is 0 Å². The SMILES string of the molecule is C=C/C(I)=C\CC1CC(C)(C)c2ccccc21. The first-order valence-corrected chi connectivity index (χ1v) is 7.20. The Morgan fingerprint density at radius 1 is 1.47 bits per heavy atom. The molecular weight excluding hydrogens is 319 g/mol. The maximum Gasteiger partial charge on any atom is 0.00843 e. The van der Waals surface area contributed by atoms with Crippen LogP contribution in [0.4, 0.5) is 0 Å². The highest BCUT2D eigenvalue weighted by Crippen LogP contribution is 2.47. The second-order valence-corrected chi connectivity index (χ2v) is 6.65. The lowest BCUT2D eigenvalue weighted by Gasteiger charge is -2.18. The van der Waals surface area contributed by atoms with Crippen molar-refractivity contribution in [1.82, 2.24) is 0 Å². The molecule has 0 heterocycles. The fourth-order valence-corrected chi connectivity index (χ4v) is 3.11. The zero-order valence-electron chi connectivity index (χ0n) is 10.5. The van der Waals surface area contributed by atoms with Crippen molar-refractivity contribution in [3.05, 3.63) is 57.7 Å². The van der Waals surface area contributed by atoms with E-state index in [2.05, 4.69) is 73.4 Å². The first-order valence-electron chi connectivity index (χ1n) is 6.12. The van der Waals surface area contributed by atoms with Gasteiger partial charge in [-0.2, -0.15) is 0 Å². The number of fused-ring (bicyclic) bond motifs is 1. The summed E-state index contributed by atoms with van der Waals surface area (Å²) in [5, 5.41) is 0. The van der Waals surface area contributed by atoms with Gasteiger partial charge in [0.2, 0.25) is 0 Å². The molecule has 90 valence electrons. The van der Waals surface area contributed by atoms with E-state index in [4.69, 9.17) is 0 Å². The van der Waals surface area contributed by atoms with Gasteiger partial charge in [-0.15, -0.1) is 0 Å². The van der Waals surface area contributed by atoms with Gasteiger partial charge in [-0.1, -0.05) is 56.8 Å². The molecule has 0 aliphatic heterocycles. The van der Waals surface area contributed by atoms with Gasteiger partial charge >= 0.3 is 0 Å². The normalized spacial score (nSPS) is 22.3. The lowest BCUT2D eigenvalue weighted by Crippen LogP contribution is -2.12. The van der Waals surface area contributed by atoms with Gasteiger partial charge in [0.25, 0.3) is 0 Å². The molecule has 0 nitrogen and oxygen atoms in total. The smallest absolute Gasteiger partial charge is 0.00843 e. The summed E-state index contributed by atoms with van der Waals surface area (Å²) in [4.78, 5) is 0. The Morgan fingerprint density at radius 2 is 2.18 bits per heavy atom. The predicted molar refractivity (Wildman–Crippen MR) is 83.7 cm³/mol. The number of hydrogen-bond acceptors (Lipinski definition) is 0. The van der Waals surface area contributed by atoms with E-state index in [-0.39, 0.29) is 0 Å². The molecule has 0 amide bonds. The van der Waals surface area contributed by atoms with Crippen LogP contribution in [0, 0.1) is 0 Å². The van der Waals surface area contributed by atoms with Gasteiger partial charge < -0.3 is 0 Å². The summed E-state index contributed by atoms with van der Waals surface area (Å²) in [7, 11) is 0. The van der Waals surface area contributed by atoms with Crippen LogP contribution in [0.1, 0.15) is 43.7 Å². The van der Waals surface area contributed by atoms with E-state index in [1.54, 1.807) is 5.56 Å². The number of rotatable bonds is 3. The van der Waals surface area contributed by atoms with Crippen molar-refractivity contribution in [3.63, 3.8) is 0 Å². The third-order valence-electron chi connectivity index (χ3n) is 3.68. The maximum absolute atomic E-state index is 3.80. The summed E-state index contributed by atoms with van der Waals surface area (Å²) in [5.74, 6) is 0.672. The Labute approximate surface area is 118 Å². The topological polar surface area (TPSA) is 0 Å². The van der Waals surface area contributed by atoms with Crippen LogP contribution >= 0.6 is 22.6 Å². The quantitative estimate of drug-likeness (QED) is 0.515. The average molecular weight is 338 g/mol. The van der Waals surface area contributed by atoms with Crippen molar-refractivity contribution in [1.29, 1.82) is 0 Å². The minimum Gasteiger partial charge on any atom is -0.0980 e. The van der Waals surface area contributed by atoms with Gasteiger partial charge in [0.15, 0.2) is 0 Å². The molecular formula is C16H19I. The molecule has 0 saturated carbocycles. The lowest BCUT2D eigenvalue weighted by atomic mass is 9.86. The number of halogens is 1. The molecule has 1 aromatic rings. The minimum atomic E-state index is 0.328. The molecule has 0 aromatic heterocycles. The molecule has 0 spiro atoms. The van der Waals surface area contributed by atoms with Crippen LogP contribution in [0.25, 0.3) is 0 Å². The van der Waals surface area contributed by atoms with E-state index in [9.17, 15) is 0 Å². The monoisotopic (exact) mass is 338 g/mol. The largest absolute Gasteiger partial charge is 0.0980 e. The summed E-state index contributed by atoms with van der Waals surface area (Å²) in [6.07, 6.45) is 6.61. The zero-order valence-corrected chi connectivity index (χ0v) is 12.7. The molecule has 2 rings (SSSR count). The third kappa shape index (κ3) is 2.65. The number of hydrogen-bond donors (Lipinski definition) is 0. The number of allylic oxidation sites excluding steroid dienone is 3. The van der Waals surface area contributed by atoms with Gasteiger partial charge in [0.1, 0.15) is 0 Å². The second kappa shape index (κ2) is 4.97. The van der Waals surface area contributed by atoms with Crippen LogP contribution in [0.5, 0.6) is 0 Å². The minimum absolute atomic E-state index is 0.328. The molecule has 0 saturated heterocycles. The zero-order chi connectivity index (χ0) is 12.5. The van der Waals surface area contributed by atoms with Gasteiger partial charge in [0.05, 0.1) is 0 Å². The summed E-state index contributed by atoms with van der Waals surface area (Å²) >= 11 is 2.34. The van der Waals surface area contributed by atoms with E-state index in [0.717, 1.165) is 6.42 Å². The first kappa shape index (κ1) is 12.9. The van der Waals surface area contributed by atoms with E-state index >= 15 is 0 Å². The Kier molecular flexibility index (Phi) is 3.76. The molecule has 0 N–H and O–H groups in total. The van der Waals surface area contributed by atoms with Crippen molar-refractivity contribution >= 4 is 22.6 Å². The van der Waals surface area contributed by atoms with Crippen LogP contribution in [0.2, 0.25) is 0 Å². The lowest BCUT2D eigenvalue weighted by molar-refractivity contribution is 0.476. The average Bonchev–Trinajstić information content (AvgIpc) is 2.59. The summed E-state index contributed by atoms with van der Waals surface area (Å²) < 4.78 is 1.25. The highest BCUT2D eigenvalue weighted by atomic mass is 127. The Hall–Kier alpha value is -0.570. The highest BCUT2D eigenvalue weighted by molar-refractivity contribution is 14.1. The predicted octanol–water partition coefficient (Wildman–Crippen LogP) is 5.35. The molecule has 1 aromatic carbocycles. The van der Waals surface area contributed by atoms with Crippen LogP contribution in [0.15, 0.2) is 46.6 Å². The summed E-state index contributed by atoms with van der Waals surface area (Å²) in [5.41, 5.74) is 3.41. The Morgan fingerprint density at radius 3 is 2.88 bits per heavy atom. The van der Waals surface area contributed by atoms with Crippen LogP contribution in [-0.2, 0) is 5.41 Å². The van der Waals surface area contributed by atoms with E-state index in [1.807, 2.05) is 6.08 Å². The summed E-state index contributed by atoms with van der Waals surface area (Å²) in [6.45, 7) is 8.51. The third-order valence-corrected chi connectivity index (χ3v) is 4.56. The van der Waals surface area contributed by atoms with E-state index < -0.39 is 0 Å². The van der Waals surface area contributed by atoms with Crippen molar-refractivity contribution in [2.24, 2.45) is 0 Å². The number of benzene rings is 1. The first-order chi connectivity index (χ1) is 8.04. The molecule has 0 bridgehead atoms. The molecule has 0 fully saturated rings. The molecule has 1 unspecified atom stereocenters. The van der Waals surface area contributed by atoms with Gasteiger partial charge in [-0.3, -0.25) is 0 Å². The van der Waals surface area contributed by atoms with E-state index in [1.165, 1.54) is 15.6 Å². The summed E-state index contributed by atoms with van der Waals surface area (Å²) in [6, 6.07) is 8.91. The van der Waals surface area contributed by atoms with Crippen molar-refractivity contribution < 1.29 is 0 Å². The maximum atomic E-state index is 3.80. The Balaban J connectivity index is 2.26.